The molecule has 3 aromatic rings. The van der Waals surface area contributed by atoms with Gasteiger partial charge in [-0.05, 0) is 29.8 Å². The molecule has 0 saturated carbocycles. The minimum Gasteiger partial charge on any atom is -0.503 e. The summed E-state index contributed by atoms with van der Waals surface area (Å²) in [5.41, 5.74) is 1.79. The van der Waals surface area contributed by atoms with E-state index in [1.165, 1.54) is 34.9 Å². The molecule has 2 aromatic heterocycles. The van der Waals surface area contributed by atoms with E-state index in [1.54, 1.807) is 12.1 Å². The van der Waals surface area contributed by atoms with Crippen molar-refractivity contribution < 1.29 is 19.1 Å². The van der Waals surface area contributed by atoms with Gasteiger partial charge in [-0.1, -0.05) is 40.6 Å². The second-order valence-corrected chi connectivity index (χ2v) is 7.17. The molecule has 10 heteroatoms. The van der Waals surface area contributed by atoms with Gasteiger partial charge in [-0.15, -0.1) is 10.2 Å². The Morgan fingerprint density at radius 2 is 2.07 bits per heavy atom. The van der Waals surface area contributed by atoms with E-state index in [0.29, 0.717) is 10.6 Å². The molecular weight excluding hydrogens is 413 g/mol. The highest BCUT2D eigenvalue weighted by Gasteiger charge is 2.46. The second-order valence-electron chi connectivity index (χ2n) is 5.54. The Labute approximate surface area is 166 Å². The van der Waals surface area contributed by atoms with Crippen molar-refractivity contribution in [3.63, 3.8) is 0 Å². The van der Waals surface area contributed by atoms with Gasteiger partial charge < -0.3 is 9.52 Å². The Balaban J connectivity index is 1.90. The number of carbonyl (C=O) groups is 2. The van der Waals surface area contributed by atoms with Gasteiger partial charge in [0, 0.05) is 0 Å². The minimum absolute atomic E-state index is 0.00600. The smallest absolute Gasteiger partial charge is 0.296 e. The average molecular weight is 422 g/mol. The van der Waals surface area contributed by atoms with Crippen LogP contribution in [0.5, 0.6) is 0 Å². The number of aliphatic hydroxyl groups is 1. The van der Waals surface area contributed by atoms with E-state index in [4.69, 9.17) is 27.6 Å². The van der Waals surface area contributed by atoms with Crippen molar-refractivity contribution in [2.75, 3.05) is 4.90 Å². The third-order valence-electron chi connectivity index (χ3n) is 4.01. The van der Waals surface area contributed by atoms with Crippen LogP contribution < -0.4 is 4.90 Å². The zero-order valence-corrected chi connectivity index (χ0v) is 15.6. The van der Waals surface area contributed by atoms with E-state index in [-0.39, 0.29) is 21.5 Å². The molecule has 7 nitrogen and oxygen atoms in total. The summed E-state index contributed by atoms with van der Waals surface area (Å²) in [6.45, 7) is 0. The maximum Gasteiger partial charge on any atom is 0.296 e. The number of benzene rings is 1. The fourth-order valence-electron chi connectivity index (χ4n) is 2.85. The van der Waals surface area contributed by atoms with Gasteiger partial charge in [0.25, 0.3) is 5.91 Å². The van der Waals surface area contributed by atoms with E-state index in [2.05, 4.69) is 10.2 Å². The van der Waals surface area contributed by atoms with E-state index in [9.17, 15) is 14.7 Å². The normalized spacial score (nSPS) is 17.0. The van der Waals surface area contributed by atoms with Gasteiger partial charge in [-0.2, -0.15) is 0 Å². The molecule has 0 bridgehead atoms. The number of amides is 1. The van der Waals surface area contributed by atoms with E-state index in [0.717, 1.165) is 11.3 Å². The summed E-state index contributed by atoms with van der Waals surface area (Å²) in [4.78, 5) is 26.9. The van der Waals surface area contributed by atoms with Crippen molar-refractivity contribution in [3.05, 3.63) is 74.8 Å². The summed E-state index contributed by atoms with van der Waals surface area (Å²) in [6.07, 6.45) is 1.33. The molecular formula is C17H9Cl2N3O4S. The van der Waals surface area contributed by atoms with E-state index in [1.807, 2.05) is 0 Å². The van der Waals surface area contributed by atoms with Crippen LogP contribution in [0.1, 0.15) is 22.2 Å². The lowest BCUT2D eigenvalue weighted by Crippen LogP contribution is -2.31. The molecule has 1 amide bonds. The SMILES string of the molecule is O=C(C1=C(O)C(=O)N(c2nncs2)C1c1ccc(Cl)c(Cl)c1)c1ccco1. The third-order valence-corrected chi connectivity index (χ3v) is 5.44. The fraction of sp³-hybridized carbons (Fsp3) is 0.0588. The molecule has 27 heavy (non-hydrogen) atoms. The van der Waals surface area contributed by atoms with Crippen LogP contribution in [0, 0.1) is 0 Å². The number of nitrogens with zero attached hydrogens (tertiary/aromatic N) is 3. The molecule has 1 aliphatic heterocycles. The van der Waals surface area contributed by atoms with Gasteiger partial charge in [0.1, 0.15) is 5.51 Å². The first-order chi connectivity index (χ1) is 13.0. The Bertz CT molecular complexity index is 1060. The maximum absolute atomic E-state index is 12.9. The van der Waals surface area contributed by atoms with Crippen molar-refractivity contribution in [2.24, 2.45) is 0 Å². The zero-order valence-electron chi connectivity index (χ0n) is 13.3. The van der Waals surface area contributed by atoms with Crippen molar-refractivity contribution in [2.45, 2.75) is 6.04 Å². The lowest BCUT2D eigenvalue weighted by atomic mass is 9.95. The summed E-state index contributed by atoms with van der Waals surface area (Å²) in [6, 6.07) is 6.73. The molecule has 0 fully saturated rings. The first-order valence-electron chi connectivity index (χ1n) is 7.55. The Hall–Kier alpha value is -2.68. The van der Waals surface area contributed by atoms with E-state index < -0.39 is 23.5 Å². The van der Waals surface area contributed by atoms with E-state index >= 15 is 0 Å². The molecule has 1 aliphatic rings. The number of anilines is 1. The number of aliphatic hydroxyl groups excluding tert-OH is 1. The summed E-state index contributed by atoms with van der Waals surface area (Å²) in [5.74, 6) is -2.07. The summed E-state index contributed by atoms with van der Waals surface area (Å²) < 4.78 is 5.15. The number of hydrogen-bond donors (Lipinski definition) is 1. The number of aromatic nitrogens is 2. The van der Waals surface area contributed by atoms with Crippen LogP contribution in [0.4, 0.5) is 5.13 Å². The first-order valence-corrected chi connectivity index (χ1v) is 9.18. The maximum atomic E-state index is 12.9. The van der Waals surface area contributed by atoms with Crippen LogP contribution in [0.2, 0.25) is 10.0 Å². The largest absolute Gasteiger partial charge is 0.503 e. The van der Waals surface area contributed by atoms with Gasteiger partial charge in [-0.25, -0.2) is 0 Å². The quantitative estimate of drug-likeness (QED) is 0.633. The van der Waals surface area contributed by atoms with Gasteiger partial charge in [0.15, 0.2) is 11.5 Å². The molecule has 136 valence electrons. The predicted octanol–water partition coefficient (Wildman–Crippen LogP) is 4.22. The third kappa shape index (κ3) is 2.91. The van der Waals surface area contributed by atoms with Crippen LogP contribution in [0.15, 0.2) is 57.9 Å². The highest BCUT2D eigenvalue weighted by atomic mass is 35.5. The first kappa shape index (κ1) is 17.7. The number of furan rings is 1. The Kier molecular flexibility index (Phi) is 4.47. The van der Waals surface area contributed by atoms with Crippen LogP contribution >= 0.6 is 34.5 Å². The van der Waals surface area contributed by atoms with Gasteiger partial charge in [0.05, 0.1) is 27.9 Å². The lowest BCUT2D eigenvalue weighted by molar-refractivity contribution is -0.117. The van der Waals surface area contributed by atoms with Crippen molar-refractivity contribution in [1.29, 1.82) is 0 Å². The lowest BCUT2D eigenvalue weighted by Gasteiger charge is -2.24. The molecule has 0 aliphatic carbocycles. The van der Waals surface area contributed by atoms with Crippen molar-refractivity contribution >= 4 is 51.4 Å². The molecule has 0 saturated heterocycles. The van der Waals surface area contributed by atoms with Crippen molar-refractivity contribution in [1.82, 2.24) is 10.2 Å². The van der Waals surface area contributed by atoms with Crippen molar-refractivity contribution in [3.8, 4) is 0 Å². The average Bonchev–Trinajstić information content (AvgIpc) is 3.39. The Morgan fingerprint density at radius 3 is 2.70 bits per heavy atom. The number of rotatable bonds is 4. The van der Waals surface area contributed by atoms with Crippen LogP contribution in [0.25, 0.3) is 0 Å². The number of hydrogen-bond acceptors (Lipinski definition) is 7. The molecule has 3 heterocycles. The highest BCUT2D eigenvalue weighted by molar-refractivity contribution is 7.13. The summed E-state index contributed by atoms with van der Waals surface area (Å²) in [5, 5.41) is 18.9. The molecule has 1 aromatic carbocycles. The minimum atomic E-state index is -0.960. The highest BCUT2D eigenvalue weighted by Crippen LogP contribution is 2.43. The van der Waals surface area contributed by atoms with Gasteiger partial charge >= 0.3 is 0 Å². The molecule has 0 radical (unpaired) electrons. The Morgan fingerprint density at radius 1 is 1.26 bits per heavy atom. The molecule has 1 atom stereocenters. The number of ketones is 1. The van der Waals surface area contributed by atoms with Crippen LogP contribution in [0.3, 0.4) is 0 Å². The fourth-order valence-corrected chi connectivity index (χ4v) is 3.74. The number of Topliss-reactive ketones (excluding diaryl/α,β-unsaturated/α-hetero) is 1. The predicted molar refractivity (Wildman–Crippen MR) is 99.3 cm³/mol. The van der Waals surface area contributed by atoms with Gasteiger partial charge in [0.2, 0.25) is 10.9 Å². The van der Waals surface area contributed by atoms with Crippen LogP contribution in [-0.4, -0.2) is 27.0 Å². The van der Waals surface area contributed by atoms with Crippen LogP contribution in [-0.2, 0) is 4.79 Å². The summed E-state index contributed by atoms with van der Waals surface area (Å²) >= 11 is 13.2. The molecule has 0 spiro atoms. The monoisotopic (exact) mass is 421 g/mol. The zero-order chi connectivity index (χ0) is 19.1. The molecule has 1 N–H and O–H groups in total. The topological polar surface area (TPSA) is 96.5 Å². The molecule has 4 rings (SSSR count). The van der Waals surface area contributed by atoms with Gasteiger partial charge in [-0.3, -0.25) is 14.5 Å². The second kappa shape index (κ2) is 6.80. The summed E-state index contributed by atoms with van der Waals surface area (Å²) in [7, 11) is 0. The standard InChI is InChI=1S/C17H9Cl2N3O4S/c18-9-4-3-8(6-10(9)19)13-12(14(23)11-2-1-5-26-11)15(24)16(25)22(13)17-21-20-7-27-17/h1-7,13,24H. The number of carbonyl (C=O) groups excluding carboxylic acids is 2. The number of halogens is 2. The molecule has 1 unspecified atom stereocenters.